The Bertz CT molecular complexity index is 346. The summed E-state index contributed by atoms with van der Waals surface area (Å²) in [5, 5.41) is 12.3. The van der Waals surface area contributed by atoms with Gasteiger partial charge in [-0.25, -0.2) is 0 Å². The zero-order chi connectivity index (χ0) is 12.1. The molecule has 0 spiro atoms. The van der Waals surface area contributed by atoms with E-state index in [1.165, 1.54) is 14.0 Å². The third kappa shape index (κ3) is 3.36. The molecule has 0 fully saturated rings. The van der Waals surface area contributed by atoms with Crippen LogP contribution in [-0.4, -0.2) is 30.3 Å². The lowest BCUT2D eigenvalue weighted by Crippen LogP contribution is -2.45. The molecular weight excluding hydrogens is 210 g/mol. The van der Waals surface area contributed by atoms with Crippen molar-refractivity contribution >= 4 is 5.97 Å². The Balaban J connectivity index is 2.53. The van der Waals surface area contributed by atoms with Gasteiger partial charge in [0.1, 0.15) is 17.6 Å². The van der Waals surface area contributed by atoms with Gasteiger partial charge in [-0.05, 0) is 26.0 Å². The standard InChI is InChI=1S/C11H17NO4/c1-7-4-5-9(16-7)6-12-10(8(2)13)11(14)15-3/h4-5,8,10,12-13H,6H2,1-3H3/t8-,10+/m1/s1. The highest BCUT2D eigenvalue weighted by Crippen LogP contribution is 2.06. The van der Waals surface area contributed by atoms with Crippen molar-refractivity contribution in [3.05, 3.63) is 23.7 Å². The number of carbonyl (C=O) groups excluding carboxylic acids is 1. The van der Waals surface area contributed by atoms with Gasteiger partial charge in [-0.2, -0.15) is 0 Å². The summed E-state index contributed by atoms with van der Waals surface area (Å²) in [6.45, 7) is 3.75. The fourth-order valence-corrected chi connectivity index (χ4v) is 1.37. The maximum atomic E-state index is 11.3. The third-order valence-corrected chi connectivity index (χ3v) is 2.23. The highest BCUT2D eigenvalue weighted by atomic mass is 16.5. The third-order valence-electron chi connectivity index (χ3n) is 2.23. The summed E-state index contributed by atoms with van der Waals surface area (Å²) in [5.41, 5.74) is 0. The molecule has 1 aromatic rings. The van der Waals surface area contributed by atoms with E-state index >= 15 is 0 Å². The zero-order valence-corrected chi connectivity index (χ0v) is 9.69. The summed E-state index contributed by atoms with van der Waals surface area (Å²) >= 11 is 0. The van der Waals surface area contributed by atoms with Crippen LogP contribution in [-0.2, 0) is 16.1 Å². The molecule has 0 radical (unpaired) electrons. The van der Waals surface area contributed by atoms with E-state index in [1.807, 2.05) is 19.1 Å². The topological polar surface area (TPSA) is 71.7 Å². The van der Waals surface area contributed by atoms with E-state index in [2.05, 4.69) is 10.1 Å². The molecule has 16 heavy (non-hydrogen) atoms. The minimum atomic E-state index is -0.816. The molecule has 0 saturated carbocycles. The van der Waals surface area contributed by atoms with Gasteiger partial charge in [0.2, 0.25) is 0 Å². The summed E-state index contributed by atoms with van der Waals surface area (Å²) in [4.78, 5) is 11.3. The first-order valence-electron chi connectivity index (χ1n) is 5.09. The molecule has 1 heterocycles. The highest BCUT2D eigenvalue weighted by molar-refractivity contribution is 5.76. The van der Waals surface area contributed by atoms with E-state index in [-0.39, 0.29) is 0 Å². The Labute approximate surface area is 94.4 Å². The van der Waals surface area contributed by atoms with Crippen LogP contribution in [0.4, 0.5) is 0 Å². The molecule has 2 atom stereocenters. The number of esters is 1. The molecular formula is C11H17NO4. The van der Waals surface area contributed by atoms with Gasteiger partial charge in [-0.15, -0.1) is 0 Å². The van der Waals surface area contributed by atoms with Crippen LogP contribution >= 0.6 is 0 Å². The monoisotopic (exact) mass is 227 g/mol. The molecule has 0 unspecified atom stereocenters. The Morgan fingerprint density at radius 3 is 2.75 bits per heavy atom. The van der Waals surface area contributed by atoms with Gasteiger partial charge in [0.25, 0.3) is 0 Å². The lowest BCUT2D eigenvalue weighted by molar-refractivity contribution is -0.145. The molecule has 0 saturated heterocycles. The first-order valence-corrected chi connectivity index (χ1v) is 5.09. The molecule has 90 valence electrons. The van der Waals surface area contributed by atoms with Gasteiger partial charge < -0.3 is 14.3 Å². The Kier molecular flexibility index (Phi) is 4.52. The van der Waals surface area contributed by atoms with Crippen LogP contribution in [0.1, 0.15) is 18.4 Å². The summed E-state index contributed by atoms with van der Waals surface area (Å²) < 4.78 is 9.91. The fourth-order valence-electron chi connectivity index (χ4n) is 1.37. The van der Waals surface area contributed by atoms with Crippen molar-refractivity contribution in [3.8, 4) is 0 Å². The number of aliphatic hydroxyl groups is 1. The van der Waals surface area contributed by atoms with Crippen LogP contribution in [0.5, 0.6) is 0 Å². The summed E-state index contributed by atoms with van der Waals surface area (Å²) in [6, 6.07) is 2.92. The van der Waals surface area contributed by atoms with Crippen LogP contribution in [0.2, 0.25) is 0 Å². The number of hydrogen-bond acceptors (Lipinski definition) is 5. The van der Waals surface area contributed by atoms with Crippen molar-refractivity contribution in [2.24, 2.45) is 0 Å². The van der Waals surface area contributed by atoms with Gasteiger partial charge in [-0.3, -0.25) is 10.1 Å². The number of methoxy groups -OCH3 is 1. The van der Waals surface area contributed by atoms with Crippen molar-refractivity contribution in [2.45, 2.75) is 32.5 Å². The molecule has 0 aliphatic rings. The van der Waals surface area contributed by atoms with Crippen molar-refractivity contribution in [1.29, 1.82) is 0 Å². The van der Waals surface area contributed by atoms with Crippen molar-refractivity contribution in [3.63, 3.8) is 0 Å². The first kappa shape index (κ1) is 12.7. The fraction of sp³-hybridized carbons (Fsp3) is 0.545. The van der Waals surface area contributed by atoms with E-state index < -0.39 is 18.1 Å². The summed E-state index contributed by atoms with van der Waals surface area (Å²) in [7, 11) is 1.29. The van der Waals surface area contributed by atoms with Gasteiger partial charge in [0.05, 0.1) is 19.8 Å². The molecule has 0 bridgehead atoms. The van der Waals surface area contributed by atoms with Crippen LogP contribution < -0.4 is 5.32 Å². The maximum absolute atomic E-state index is 11.3. The molecule has 5 heteroatoms. The lowest BCUT2D eigenvalue weighted by Gasteiger charge is -2.18. The van der Waals surface area contributed by atoms with Crippen molar-refractivity contribution in [2.75, 3.05) is 7.11 Å². The smallest absolute Gasteiger partial charge is 0.325 e. The summed E-state index contributed by atoms with van der Waals surface area (Å²) in [6.07, 6.45) is -0.816. The second-order valence-corrected chi connectivity index (χ2v) is 3.63. The second-order valence-electron chi connectivity index (χ2n) is 3.63. The van der Waals surface area contributed by atoms with Gasteiger partial charge >= 0.3 is 5.97 Å². The van der Waals surface area contributed by atoms with Gasteiger partial charge in [0, 0.05) is 0 Å². The van der Waals surface area contributed by atoms with E-state index in [1.54, 1.807) is 0 Å². The van der Waals surface area contributed by atoms with E-state index in [4.69, 9.17) is 4.42 Å². The normalized spacial score (nSPS) is 14.5. The Morgan fingerprint density at radius 2 is 2.31 bits per heavy atom. The second kappa shape index (κ2) is 5.67. The zero-order valence-electron chi connectivity index (χ0n) is 9.69. The van der Waals surface area contributed by atoms with Gasteiger partial charge in [-0.1, -0.05) is 0 Å². The predicted molar refractivity (Wildman–Crippen MR) is 57.8 cm³/mol. The average Bonchev–Trinajstić information content (AvgIpc) is 2.63. The van der Waals surface area contributed by atoms with E-state index in [9.17, 15) is 9.90 Å². The molecule has 5 nitrogen and oxygen atoms in total. The maximum Gasteiger partial charge on any atom is 0.325 e. The van der Waals surface area contributed by atoms with Crippen LogP contribution in [0.3, 0.4) is 0 Å². The van der Waals surface area contributed by atoms with Crippen LogP contribution in [0.25, 0.3) is 0 Å². The first-order chi connectivity index (χ1) is 7.54. The highest BCUT2D eigenvalue weighted by Gasteiger charge is 2.23. The molecule has 0 aliphatic carbocycles. The minimum Gasteiger partial charge on any atom is -0.468 e. The van der Waals surface area contributed by atoms with Crippen molar-refractivity contribution < 1.29 is 19.1 Å². The molecule has 1 aromatic heterocycles. The largest absolute Gasteiger partial charge is 0.468 e. The Morgan fingerprint density at radius 1 is 1.62 bits per heavy atom. The number of rotatable bonds is 5. The minimum absolute atomic E-state index is 0.374. The number of aliphatic hydroxyl groups excluding tert-OH is 1. The number of carbonyl (C=O) groups is 1. The average molecular weight is 227 g/mol. The van der Waals surface area contributed by atoms with E-state index in [0.717, 1.165) is 5.76 Å². The summed E-state index contributed by atoms with van der Waals surface area (Å²) in [5.74, 6) is 1.04. The molecule has 0 amide bonds. The number of furan rings is 1. The number of ether oxygens (including phenoxy) is 1. The van der Waals surface area contributed by atoms with Crippen molar-refractivity contribution in [1.82, 2.24) is 5.32 Å². The lowest BCUT2D eigenvalue weighted by atomic mass is 10.2. The van der Waals surface area contributed by atoms with Crippen LogP contribution in [0.15, 0.2) is 16.5 Å². The SMILES string of the molecule is COC(=O)[C@@H](NCc1ccc(C)o1)[C@@H](C)O. The Hall–Kier alpha value is -1.33. The van der Waals surface area contributed by atoms with Crippen LogP contribution in [0, 0.1) is 6.92 Å². The molecule has 2 N–H and O–H groups in total. The molecule has 0 aliphatic heterocycles. The van der Waals surface area contributed by atoms with E-state index in [0.29, 0.717) is 12.3 Å². The molecule has 1 rings (SSSR count). The predicted octanol–water partition coefficient (Wildman–Crippen LogP) is 0.600. The number of hydrogen-bond donors (Lipinski definition) is 2. The quantitative estimate of drug-likeness (QED) is 0.721. The molecule has 0 aromatic carbocycles. The number of aryl methyl sites for hydroxylation is 1. The number of nitrogens with one attached hydrogen (secondary N) is 1. The van der Waals surface area contributed by atoms with Gasteiger partial charge in [0.15, 0.2) is 0 Å².